The van der Waals surface area contributed by atoms with Crippen LogP contribution in [0.2, 0.25) is 0 Å². The van der Waals surface area contributed by atoms with Gasteiger partial charge in [-0.3, -0.25) is 14.6 Å². The molecule has 0 saturated carbocycles. The van der Waals surface area contributed by atoms with Gasteiger partial charge in [0, 0.05) is 31.4 Å². The van der Waals surface area contributed by atoms with E-state index in [1.54, 1.807) is 16.8 Å². The zero-order valence-corrected chi connectivity index (χ0v) is 18.9. The Morgan fingerprint density at radius 2 is 2.03 bits per heavy atom. The van der Waals surface area contributed by atoms with Crippen molar-refractivity contribution < 1.29 is 23.9 Å². The molecule has 0 spiro atoms. The van der Waals surface area contributed by atoms with E-state index in [-0.39, 0.29) is 23.8 Å². The van der Waals surface area contributed by atoms with Crippen LogP contribution in [0.3, 0.4) is 0 Å². The van der Waals surface area contributed by atoms with Crippen molar-refractivity contribution in [1.29, 1.82) is 0 Å². The number of ketones is 1. The number of halogens is 1. The van der Waals surface area contributed by atoms with Crippen LogP contribution in [0.4, 0.5) is 10.2 Å². The molecule has 0 radical (unpaired) electrons. The SMILES string of the molecule is CC(=O)C(=O)O.C[C@@H]1CCc2ncc(F)cc2[C@H]2CCCN2c2ccn3ncc(c3n2)C(=O)N1. The second-order valence-corrected chi connectivity index (χ2v) is 8.43. The van der Waals surface area contributed by atoms with Crippen molar-refractivity contribution in [3.8, 4) is 0 Å². The highest BCUT2D eigenvalue weighted by atomic mass is 19.1. The molecule has 11 heteroatoms. The topological polar surface area (TPSA) is 130 Å². The number of nitrogens with one attached hydrogen (secondary N) is 1. The fourth-order valence-corrected chi connectivity index (χ4v) is 4.25. The monoisotopic (exact) mass is 468 g/mol. The average Bonchev–Trinajstić information content (AvgIpc) is 3.44. The molecule has 0 aromatic carbocycles. The third-order valence-electron chi connectivity index (χ3n) is 5.97. The van der Waals surface area contributed by atoms with E-state index in [2.05, 4.69) is 20.3 Å². The predicted octanol–water partition coefficient (Wildman–Crippen LogP) is 2.33. The minimum atomic E-state index is -1.38. The first-order valence-corrected chi connectivity index (χ1v) is 11.0. The van der Waals surface area contributed by atoms with Crippen molar-refractivity contribution in [2.45, 2.75) is 51.6 Å². The second-order valence-electron chi connectivity index (χ2n) is 8.43. The minimum absolute atomic E-state index is 0.0271. The largest absolute Gasteiger partial charge is 0.476 e. The highest BCUT2D eigenvalue weighted by Crippen LogP contribution is 2.37. The maximum Gasteiger partial charge on any atom is 0.371 e. The van der Waals surface area contributed by atoms with Gasteiger partial charge in [-0.15, -0.1) is 0 Å². The number of hydrogen-bond acceptors (Lipinski definition) is 7. The predicted molar refractivity (Wildman–Crippen MR) is 120 cm³/mol. The zero-order valence-electron chi connectivity index (χ0n) is 18.9. The quantitative estimate of drug-likeness (QED) is 0.521. The number of aryl methyl sites for hydroxylation is 1. The Bertz CT molecular complexity index is 1250. The van der Waals surface area contributed by atoms with E-state index >= 15 is 0 Å². The molecule has 0 unspecified atom stereocenters. The number of aromatic nitrogens is 4. The molecule has 178 valence electrons. The second kappa shape index (κ2) is 9.54. The van der Waals surface area contributed by atoms with Crippen molar-refractivity contribution in [2.75, 3.05) is 11.4 Å². The van der Waals surface area contributed by atoms with Gasteiger partial charge in [0.25, 0.3) is 5.91 Å². The third-order valence-corrected chi connectivity index (χ3v) is 5.97. The summed E-state index contributed by atoms with van der Waals surface area (Å²) in [6, 6.07) is 3.48. The molecule has 2 atom stereocenters. The summed E-state index contributed by atoms with van der Waals surface area (Å²) < 4.78 is 15.7. The number of carbonyl (C=O) groups is 3. The first kappa shape index (κ1) is 23.3. The molecule has 0 aliphatic carbocycles. The lowest BCUT2D eigenvalue weighted by Gasteiger charge is -2.27. The number of pyridine rings is 1. The molecule has 2 aliphatic rings. The fraction of sp³-hybridized carbons (Fsp3) is 0.391. The molecule has 1 fully saturated rings. The van der Waals surface area contributed by atoms with Crippen molar-refractivity contribution in [3.05, 3.63) is 53.4 Å². The molecular formula is C23H25FN6O4. The number of carboxylic acids is 1. The van der Waals surface area contributed by atoms with Gasteiger partial charge in [0.2, 0.25) is 5.78 Å². The standard InChI is InChI=1S/C20H21FN6O.C3H4O3/c1-12-4-5-16-14(9-13(21)10-22-16)17-3-2-7-26(17)18-6-8-27-19(25-18)15(11-23-27)20(28)24-12;1-2(4)3(5)6/h6,8-12,17H,2-5,7H2,1H3,(H,24,28);1H3,(H,5,6)/t12-,17-;/m1./s1. The molecule has 3 aromatic heterocycles. The Balaban J connectivity index is 0.000000408. The summed E-state index contributed by atoms with van der Waals surface area (Å²) in [5, 5.41) is 14.9. The van der Waals surface area contributed by atoms with E-state index in [4.69, 9.17) is 10.1 Å². The summed E-state index contributed by atoms with van der Waals surface area (Å²) in [5.74, 6) is -1.94. The molecule has 1 saturated heterocycles. The van der Waals surface area contributed by atoms with Crippen LogP contribution >= 0.6 is 0 Å². The molecule has 5 rings (SSSR count). The molecule has 34 heavy (non-hydrogen) atoms. The molecule has 10 nitrogen and oxygen atoms in total. The average molecular weight is 468 g/mol. The lowest BCUT2D eigenvalue weighted by molar-refractivity contribution is -0.148. The molecule has 1 amide bonds. The lowest BCUT2D eigenvalue weighted by atomic mass is 9.98. The summed E-state index contributed by atoms with van der Waals surface area (Å²) in [4.78, 5) is 43.0. The zero-order chi connectivity index (χ0) is 24.4. The van der Waals surface area contributed by atoms with E-state index in [0.29, 0.717) is 17.6 Å². The van der Waals surface area contributed by atoms with Crippen molar-refractivity contribution in [3.63, 3.8) is 0 Å². The molecule has 3 aromatic rings. The Kier molecular flexibility index (Phi) is 6.53. The Hall–Kier alpha value is -3.89. The maximum atomic E-state index is 14.1. The lowest BCUT2D eigenvalue weighted by Crippen LogP contribution is -2.33. The highest BCUT2D eigenvalue weighted by Gasteiger charge is 2.31. The number of carboxylic acid groups (broad SMARTS) is 1. The van der Waals surface area contributed by atoms with Gasteiger partial charge in [-0.25, -0.2) is 18.7 Å². The van der Waals surface area contributed by atoms with Gasteiger partial charge in [-0.05, 0) is 50.3 Å². The molecule has 2 bridgehead atoms. The van der Waals surface area contributed by atoms with Crippen molar-refractivity contribution in [1.82, 2.24) is 24.9 Å². The van der Waals surface area contributed by atoms with Crippen LogP contribution in [0, 0.1) is 5.82 Å². The third kappa shape index (κ3) is 4.73. The number of nitrogens with zero attached hydrogens (tertiary/aromatic N) is 5. The van der Waals surface area contributed by atoms with E-state index in [1.165, 1.54) is 6.20 Å². The van der Waals surface area contributed by atoms with E-state index in [0.717, 1.165) is 49.8 Å². The number of aliphatic carboxylic acids is 1. The van der Waals surface area contributed by atoms with Gasteiger partial charge < -0.3 is 15.3 Å². The maximum absolute atomic E-state index is 14.1. The van der Waals surface area contributed by atoms with Gasteiger partial charge >= 0.3 is 5.97 Å². The number of Topliss-reactive ketones (excluding diaryl/α,β-unsaturated/α-hetero) is 1. The summed E-state index contributed by atoms with van der Waals surface area (Å²) in [6.07, 6.45) is 7.97. The van der Waals surface area contributed by atoms with Gasteiger partial charge in [0.05, 0.1) is 18.4 Å². The Labute approximate surface area is 194 Å². The Morgan fingerprint density at radius 1 is 1.26 bits per heavy atom. The minimum Gasteiger partial charge on any atom is -0.476 e. The smallest absolute Gasteiger partial charge is 0.371 e. The fourth-order valence-electron chi connectivity index (χ4n) is 4.25. The van der Waals surface area contributed by atoms with Crippen molar-refractivity contribution in [2.24, 2.45) is 0 Å². The van der Waals surface area contributed by atoms with Gasteiger partial charge in [0.1, 0.15) is 17.2 Å². The summed E-state index contributed by atoms with van der Waals surface area (Å²) in [5.41, 5.74) is 2.81. The Morgan fingerprint density at radius 3 is 2.76 bits per heavy atom. The van der Waals surface area contributed by atoms with Gasteiger partial charge in [0.15, 0.2) is 5.65 Å². The molecule has 2 aliphatic heterocycles. The summed E-state index contributed by atoms with van der Waals surface area (Å²) in [6.45, 7) is 3.80. The number of fused-ring (bicyclic) bond motifs is 5. The van der Waals surface area contributed by atoms with E-state index in [1.807, 2.05) is 19.2 Å². The first-order chi connectivity index (χ1) is 16.2. The van der Waals surface area contributed by atoms with Crippen LogP contribution in [0.5, 0.6) is 0 Å². The molecule has 5 heterocycles. The van der Waals surface area contributed by atoms with Gasteiger partial charge in [-0.1, -0.05) is 0 Å². The van der Waals surface area contributed by atoms with Crippen molar-refractivity contribution >= 4 is 29.1 Å². The van der Waals surface area contributed by atoms with E-state index in [9.17, 15) is 18.8 Å². The molecule has 2 N–H and O–H groups in total. The van der Waals surface area contributed by atoms with Crippen LogP contribution in [0.25, 0.3) is 5.65 Å². The number of anilines is 1. The summed E-state index contributed by atoms with van der Waals surface area (Å²) >= 11 is 0. The van der Waals surface area contributed by atoms with E-state index < -0.39 is 11.8 Å². The molecular weight excluding hydrogens is 443 g/mol. The normalized spacial score (nSPS) is 19.6. The van der Waals surface area contributed by atoms with Crippen LogP contribution < -0.4 is 10.2 Å². The van der Waals surface area contributed by atoms with Crippen LogP contribution in [-0.2, 0) is 16.0 Å². The number of amides is 1. The first-order valence-electron chi connectivity index (χ1n) is 11.0. The number of hydrogen-bond donors (Lipinski definition) is 2. The summed E-state index contributed by atoms with van der Waals surface area (Å²) in [7, 11) is 0. The van der Waals surface area contributed by atoms with Crippen LogP contribution in [0.15, 0.2) is 30.7 Å². The van der Waals surface area contributed by atoms with Crippen LogP contribution in [-0.4, -0.2) is 54.9 Å². The number of carbonyl (C=O) groups excluding carboxylic acids is 2. The highest BCUT2D eigenvalue weighted by molar-refractivity contribution is 6.31. The van der Waals surface area contributed by atoms with Crippen LogP contribution in [0.1, 0.15) is 60.8 Å². The number of rotatable bonds is 1. The van der Waals surface area contributed by atoms with Gasteiger partial charge in [-0.2, -0.15) is 5.10 Å².